The summed E-state index contributed by atoms with van der Waals surface area (Å²) in [6.45, 7) is 6.88. The lowest BCUT2D eigenvalue weighted by molar-refractivity contribution is -0.127. The molecule has 0 radical (unpaired) electrons. The van der Waals surface area contributed by atoms with Crippen molar-refractivity contribution in [2.45, 2.75) is 26.8 Å². The average molecular weight is 590 g/mol. The van der Waals surface area contributed by atoms with Crippen LogP contribution in [0.15, 0.2) is 69.6 Å². The molecule has 0 unspecified atom stereocenters. The molecule has 4 aromatic rings. The first kappa shape index (κ1) is 27.1. The molecule has 3 heterocycles. The van der Waals surface area contributed by atoms with Crippen LogP contribution in [0.3, 0.4) is 0 Å². The van der Waals surface area contributed by atoms with Crippen LogP contribution in [0.1, 0.15) is 37.9 Å². The smallest absolute Gasteiger partial charge is 0.271 e. The van der Waals surface area contributed by atoms with Crippen molar-refractivity contribution >= 4 is 45.7 Å². The van der Waals surface area contributed by atoms with Gasteiger partial charge in [0, 0.05) is 24.7 Å². The zero-order chi connectivity index (χ0) is 28.8. The number of thiazole rings is 1. The summed E-state index contributed by atoms with van der Waals surface area (Å²) in [6, 6.07) is 14.4. The van der Waals surface area contributed by atoms with Gasteiger partial charge in [0.15, 0.2) is 16.3 Å². The van der Waals surface area contributed by atoms with E-state index in [1.54, 1.807) is 34.8 Å². The third kappa shape index (κ3) is 4.49. The Kier molecular flexibility index (Phi) is 7.09. The minimum Gasteiger partial charge on any atom is -0.496 e. The number of halogens is 1. The van der Waals surface area contributed by atoms with Gasteiger partial charge in [0.1, 0.15) is 11.8 Å². The molecule has 0 aliphatic carbocycles. The molecule has 0 bridgehead atoms. The summed E-state index contributed by atoms with van der Waals surface area (Å²) in [4.78, 5) is 35.4. The molecule has 6 rings (SSSR count). The standard InChI is InChI=1S/C31H28ClN3O5S/c1-5-34(6-2)30(37)26-17(3)33-31-35(28(26)27-20-10-8-7-9-18(20)11-12-22(27)38-4)29(36)25(41-31)14-19-13-23-24(15-21(19)32)40-16-39-23/h7-15,28H,5-6,16H2,1-4H3/b25-14+/t28-/m1/s1. The van der Waals surface area contributed by atoms with E-state index in [9.17, 15) is 9.59 Å². The normalized spacial score (nSPS) is 16.1. The number of likely N-dealkylation sites (N-methyl/N-ethyl adjacent to an activating group) is 1. The predicted molar refractivity (Wildman–Crippen MR) is 160 cm³/mol. The van der Waals surface area contributed by atoms with E-state index < -0.39 is 6.04 Å². The molecular weight excluding hydrogens is 562 g/mol. The first-order chi connectivity index (χ1) is 19.9. The number of carbonyl (C=O) groups is 1. The summed E-state index contributed by atoms with van der Waals surface area (Å²) >= 11 is 7.80. The predicted octanol–water partition coefficient (Wildman–Crippen LogP) is 4.65. The Balaban J connectivity index is 1.65. The highest BCUT2D eigenvalue weighted by Crippen LogP contribution is 2.41. The summed E-state index contributed by atoms with van der Waals surface area (Å²) < 4.78 is 18.8. The van der Waals surface area contributed by atoms with Gasteiger partial charge in [0.25, 0.3) is 11.5 Å². The van der Waals surface area contributed by atoms with Gasteiger partial charge in [-0.05, 0) is 55.3 Å². The van der Waals surface area contributed by atoms with Crippen LogP contribution in [0.25, 0.3) is 16.8 Å². The van der Waals surface area contributed by atoms with Gasteiger partial charge in [-0.3, -0.25) is 14.2 Å². The van der Waals surface area contributed by atoms with Crippen molar-refractivity contribution in [1.29, 1.82) is 0 Å². The molecule has 8 nitrogen and oxygen atoms in total. The molecule has 3 aromatic carbocycles. The Morgan fingerprint density at radius 1 is 1.17 bits per heavy atom. The van der Waals surface area contributed by atoms with Crippen LogP contribution in [-0.4, -0.2) is 42.4 Å². The molecule has 0 saturated heterocycles. The van der Waals surface area contributed by atoms with Gasteiger partial charge < -0.3 is 19.1 Å². The number of rotatable bonds is 6. The van der Waals surface area contributed by atoms with Gasteiger partial charge in [-0.25, -0.2) is 4.99 Å². The fraction of sp³-hybridized carbons (Fsp3) is 0.258. The Labute approximate surface area is 245 Å². The van der Waals surface area contributed by atoms with Crippen LogP contribution in [0, 0.1) is 0 Å². The summed E-state index contributed by atoms with van der Waals surface area (Å²) in [7, 11) is 1.60. The van der Waals surface area contributed by atoms with Crippen molar-refractivity contribution in [3.63, 3.8) is 0 Å². The van der Waals surface area contributed by atoms with Crippen molar-refractivity contribution in [2.24, 2.45) is 4.99 Å². The maximum absolute atomic E-state index is 14.3. The van der Waals surface area contributed by atoms with Crippen molar-refractivity contribution in [2.75, 3.05) is 27.0 Å². The van der Waals surface area contributed by atoms with E-state index >= 15 is 0 Å². The van der Waals surface area contributed by atoms with Crippen LogP contribution < -0.4 is 29.1 Å². The number of fused-ring (bicyclic) bond motifs is 3. The monoisotopic (exact) mass is 589 g/mol. The van der Waals surface area contributed by atoms with E-state index in [0.717, 1.165) is 16.3 Å². The fourth-order valence-corrected chi connectivity index (χ4v) is 6.72. The summed E-state index contributed by atoms with van der Waals surface area (Å²) in [5.41, 5.74) is 2.10. The van der Waals surface area contributed by atoms with Gasteiger partial charge in [-0.15, -0.1) is 0 Å². The highest BCUT2D eigenvalue weighted by molar-refractivity contribution is 7.07. The number of hydrogen-bond acceptors (Lipinski definition) is 7. The van der Waals surface area contributed by atoms with Crippen LogP contribution in [0.2, 0.25) is 5.02 Å². The van der Waals surface area contributed by atoms with Crippen molar-refractivity contribution < 1.29 is 19.0 Å². The summed E-state index contributed by atoms with van der Waals surface area (Å²) in [5.74, 6) is 1.55. The van der Waals surface area contributed by atoms with Crippen LogP contribution >= 0.6 is 22.9 Å². The Morgan fingerprint density at radius 3 is 2.63 bits per heavy atom. The molecule has 10 heteroatoms. The highest BCUT2D eigenvalue weighted by Gasteiger charge is 2.36. The maximum atomic E-state index is 14.3. The fourth-order valence-electron chi connectivity index (χ4n) is 5.47. The topological polar surface area (TPSA) is 82.4 Å². The molecule has 1 aromatic heterocycles. The number of allylic oxidation sites excluding steroid dienone is 1. The Bertz CT molecular complexity index is 1920. The van der Waals surface area contributed by atoms with E-state index in [-0.39, 0.29) is 18.3 Å². The van der Waals surface area contributed by atoms with Gasteiger partial charge in [0.2, 0.25) is 6.79 Å². The minimum atomic E-state index is -0.755. The van der Waals surface area contributed by atoms with Gasteiger partial charge >= 0.3 is 0 Å². The second-order valence-electron chi connectivity index (χ2n) is 9.69. The number of ether oxygens (including phenoxy) is 3. The average Bonchev–Trinajstić information content (AvgIpc) is 3.55. The molecule has 1 atom stereocenters. The zero-order valence-electron chi connectivity index (χ0n) is 23.1. The Morgan fingerprint density at radius 2 is 1.90 bits per heavy atom. The van der Waals surface area contributed by atoms with E-state index in [2.05, 4.69) is 0 Å². The number of carbonyl (C=O) groups excluding carboxylic acids is 1. The maximum Gasteiger partial charge on any atom is 0.271 e. The number of aromatic nitrogens is 1. The van der Waals surface area contributed by atoms with Gasteiger partial charge in [-0.1, -0.05) is 53.3 Å². The molecule has 0 fully saturated rings. The number of hydrogen-bond donors (Lipinski definition) is 0. The van der Waals surface area contributed by atoms with Crippen LogP contribution in [0.5, 0.6) is 17.2 Å². The molecule has 41 heavy (non-hydrogen) atoms. The molecular formula is C31H28ClN3O5S. The first-order valence-corrected chi connectivity index (χ1v) is 14.5. The summed E-state index contributed by atoms with van der Waals surface area (Å²) in [5, 5.41) is 2.30. The van der Waals surface area contributed by atoms with E-state index in [1.165, 1.54) is 11.3 Å². The second-order valence-corrected chi connectivity index (χ2v) is 11.1. The van der Waals surface area contributed by atoms with Crippen molar-refractivity contribution in [3.8, 4) is 17.2 Å². The molecule has 0 saturated carbocycles. The largest absolute Gasteiger partial charge is 0.496 e. The zero-order valence-corrected chi connectivity index (χ0v) is 24.6. The van der Waals surface area contributed by atoms with Crippen molar-refractivity contribution in [3.05, 3.63) is 95.6 Å². The minimum absolute atomic E-state index is 0.118. The second kappa shape index (κ2) is 10.7. The Hall–Kier alpha value is -4.08. The molecule has 0 spiro atoms. The van der Waals surface area contributed by atoms with Crippen molar-refractivity contribution in [1.82, 2.24) is 9.47 Å². The SMILES string of the molecule is CCN(CC)C(=O)C1=C(C)N=c2s/c(=C/c3cc4c(cc3Cl)OCO4)c(=O)n2[C@H]1c1c(OC)ccc2ccccc12. The third-order valence-corrected chi connectivity index (χ3v) is 8.82. The molecule has 0 N–H and O–H groups in total. The lowest BCUT2D eigenvalue weighted by Crippen LogP contribution is -2.43. The quantitative estimate of drug-likeness (QED) is 0.327. The molecule has 2 aliphatic heterocycles. The van der Waals surface area contributed by atoms with E-state index in [1.807, 2.05) is 57.2 Å². The van der Waals surface area contributed by atoms with Gasteiger partial charge in [-0.2, -0.15) is 0 Å². The number of amides is 1. The number of benzene rings is 3. The van der Waals surface area contributed by atoms with Crippen LogP contribution in [-0.2, 0) is 4.79 Å². The van der Waals surface area contributed by atoms with Crippen LogP contribution in [0.4, 0.5) is 0 Å². The molecule has 1 amide bonds. The summed E-state index contributed by atoms with van der Waals surface area (Å²) in [6.07, 6.45) is 1.73. The molecule has 210 valence electrons. The lowest BCUT2D eigenvalue weighted by Gasteiger charge is -2.30. The number of methoxy groups -OCH3 is 1. The van der Waals surface area contributed by atoms with E-state index in [0.29, 0.717) is 61.5 Å². The first-order valence-electron chi connectivity index (χ1n) is 13.3. The highest BCUT2D eigenvalue weighted by atomic mass is 35.5. The van der Waals surface area contributed by atoms with Gasteiger partial charge in [0.05, 0.1) is 27.9 Å². The lowest BCUT2D eigenvalue weighted by atomic mass is 9.90. The number of nitrogens with zero attached hydrogens (tertiary/aromatic N) is 3. The third-order valence-electron chi connectivity index (χ3n) is 7.51. The molecule has 2 aliphatic rings. The van der Waals surface area contributed by atoms with E-state index in [4.69, 9.17) is 30.8 Å².